The maximum absolute atomic E-state index is 11.9. The molecule has 28 heavy (non-hydrogen) atoms. The van der Waals surface area contributed by atoms with E-state index in [1.165, 1.54) is 6.21 Å². The highest BCUT2D eigenvalue weighted by molar-refractivity contribution is 6.39. The molecular formula is C20H15Cl2N3O3. The van der Waals surface area contributed by atoms with Crippen molar-refractivity contribution in [2.75, 3.05) is 5.32 Å². The van der Waals surface area contributed by atoms with Crippen LogP contribution in [-0.4, -0.2) is 18.0 Å². The third kappa shape index (κ3) is 5.45. The molecule has 0 atom stereocenters. The molecule has 8 heteroatoms. The van der Waals surface area contributed by atoms with Gasteiger partial charge in [0.1, 0.15) is 11.5 Å². The summed E-state index contributed by atoms with van der Waals surface area (Å²) in [7, 11) is 0. The minimum Gasteiger partial charge on any atom is -0.458 e. The fourth-order valence-corrected chi connectivity index (χ4v) is 2.63. The third-order valence-electron chi connectivity index (χ3n) is 3.58. The molecule has 2 N–H and O–H groups in total. The van der Waals surface area contributed by atoms with Gasteiger partial charge in [0.05, 0.1) is 23.5 Å². The van der Waals surface area contributed by atoms with Crippen LogP contribution in [0.15, 0.2) is 70.1 Å². The van der Waals surface area contributed by atoms with Gasteiger partial charge in [0, 0.05) is 10.7 Å². The van der Waals surface area contributed by atoms with Crippen LogP contribution in [0.1, 0.15) is 11.5 Å². The number of hydrogen-bond acceptors (Lipinski definition) is 4. The van der Waals surface area contributed by atoms with Crippen LogP contribution in [0.2, 0.25) is 10.0 Å². The van der Waals surface area contributed by atoms with Crippen molar-refractivity contribution in [2.24, 2.45) is 4.99 Å². The van der Waals surface area contributed by atoms with Crippen molar-refractivity contribution in [2.45, 2.75) is 6.54 Å². The van der Waals surface area contributed by atoms with Crippen LogP contribution in [0.5, 0.6) is 0 Å². The van der Waals surface area contributed by atoms with Gasteiger partial charge in [-0.1, -0.05) is 41.4 Å². The van der Waals surface area contributed by atoms with Crippen molar-refractivity contribution >= 4 is 52.6 Å². The molecule has 2 amide bonds. The van der Waals surface area contributed by atoms with Gasteiger partial charge in [-0.3, -0.25) is 14.6 Å². The van der Waals surface area contributed by atoms with E-state index >= 15 is 0 Å². The van der Waals surface area contributed by atoms with Crippen molar-refractivity contribution in [3.63, 3.8) is 0 Å². The number of aliphatic imine (C=N–C) groups is 1. The van der Waals surface area contributed by atoms with E-state index in [9.17, 15) is 9.59 Å². The Balaban J connectivity index is 1.53. The van der Waals surface area contributed by atoms with Crippen molar-refractivity contribution < 1.29 is 14.0 Å². The number of rotatable bonds is 5. The Labute approximate surface area is 171 Å². The average molecular weight is 416 g/mol. The summed E-state index contributed by atoms with van der Waals surface area (Å²) in [5.41, 5.74) is 1.05. The number of carbonyl (C=O) groups is 2. The summed E-state index contributed by atoms with van der Waals surface area (Å²) in [4.78, 5) is 28.1. The summed E-state index contributed by atoms with van der Waals surface area (Å²) in [6.07, 6.45) is 1.53. The van der Waals surface area contributed by atoms with Gasteiger partial charge in [0.15, 0.2) is 0 Å². The number of amides is 2. The Morgan fingerprint density at radius 2 is 1.82 bits per heavy atom. The number of nitrogens with one attached hydrogen (secondary N) is 2. The predicted octanol–water partition coefficient (Wildman–Crippen LogP) is 4.59. The molecule has 0 saturated heterocycles. The van der Waals surface area contributed by atoms with Crippen LogP contribution in [-0.2, 0) is 16.1 Å². The summed E-state index contributed by atoms with van der Waals surface area (Å²) in [5.74, 6) is -0.617. The van der Waals surface area contributed by atoms with E-state index in [0.717, 1.165) is 0 Å². The molecule has 0 aliphatic carbocycles. The standard InChI is InChI=1S/C20H15Cl2N3O3/c21-13-4-3-5-14(10-13)25-20(27)19(26)24-12-16-9-8-15(28-16)11-23-18-7-2-1-6-17(18)22/h1-11H,12H2,(H,24,26)(H,25,27). The van der Waals surface area contributed by atoms with E-state index in [-0.39, 0.29) is 6.54 Å². The van der Waals surface area contributed by atoms with E-state index in [1.807, 2.05) is 12.1 Å². The molecular weight excluding hydrogens is 401 g/mol. The van der Waals surface area contributed by atoms with E-state index in [0.29, 0.717) is 32.9 Å². The van der Waals surface area contributed by atoms with Crippen molar-refractivity contribution in [1.29, 1.82) is 0 Å². The zero-order valence-corrected chi connectivity index (χ0v) is 16.0. The molecule has 0 aliphatic rings. The maximum atomic E-state index is 11.9. The summed E-state index contributed by atoms with van der Waals surface area (Å²) in [6.45, 7) is 0.0573. The van der Waals surface area contributed by atoms with Crippen LogP contribution < -0.4 is 10.6 Å². The van der Waals surface area contributed by atoms with E-state index in [4.69, 9.17) is 27.6 Å². The molecule has 0 fully saturated rings. The SMILES string of the molecule is O=C(NCc1ccc(C=Nc2ccccc2Cl)o1)C(=O)Nc1cccc(Cl)c1. The quantitative estimate of drug-likeness (QED) is 0.471. The number of benzene rings is 2. The molecule has 0 aliphatic heterocycles. The lowest BCUT2D eigenvalue weighted by molar-refractivity contribution is -0.136. The van der Waals surface area contributed by atoms with Gasteiger partial charge in [-0.15, -0.1) is 0 Å². The summed E-state index contributed by atoms with van der Waals surface area (Å²) in [5, 5.41) is 5.94. The molecule has 3 rings (SSSR count). The number of furan rings is 1. The minimum absolute atomic E-state index is 0.0573. The zero-order chi connectivity index (χ0) is 19.9. The highest BCUT2D eigenvalue weighted by atomic mass is 35.5. The Morgan fingerprint density at radius 3 is 2.61 bits per heavy atom. The number of halogens is 2. The van der Waals surface area contributed by atoms with Gasteiger partial charge in [-0.25, -0.2) is 0 Å². The normalized spacial score (nSPS) is 10.8. The van der Waals surface area contributed by atoms with Crippen molar-refractivity contribution in [3.05, 3.63) is 82.2 Å². The molecule has 142 valence electrons. The van der Waals surface area contributed by atoms with E-state index in [2.05, 4.69) is 15.6 Å². The zero-order valence-electron chi connectivity index (χ0n) is 14.5. The first-order chi connectivity index (χ1) is 13.5. The fraction of sp³-hybridized carbons (Fsp3) is 0.0500. The summed E-state index contributed by atoms with van der Waals surface area (Å²) in [6, 6.07) is 17.1. The largest absolute Gasteiger partial charge is 0.458 e. The van der Waals surface area contributed by atoms with Gasteiger partial charge in [-0.05, 0) is 42.5 Å². The van der Waals surface area contributed by atoms with E-state index in [1.54, 1.807) is 48.5 Å². The van der Waals surface area contributed by atoms with E-state index < -0.39 is 11.8 Å². The van der Waals surface area contributed by atoms with Crippen LogP contribution >= 0.6 is 23.2 Å². The van der Waals surface area contributed by atoms with Crippen LogP contribution in [0.25, 0.3) is 0 Å². The molecule has 0 saturated carbocycles. The lowest BCUT2D eigenvalue weighted by Crippen LogP contribution is -2.34. The highest BCUT2D eigenvalue weighted by Crippen LogP contribution is 2.23. The molecule has 0 radical (unpaired) electrons. The Morgan fingerprint density at radius 1 is 1.00 bits per heavy atom. The lowest BCUT2D eigenvalue weighted by atomic mass is 10.3. The third-order valence-corrected chi connectivity index (χ3v) is 4.13. The first kappa shape index (κ1) is 19.7. The molecule has 1 aromatic heterocycles. The molecule has 0 bridgehead atoms. The number of anilines is 1. The van der Waals surface area contributed by atoms with Gasteiger partial charge in [0.25, 0.3) is 0 Å². The van der Waals surface area contributed by atoms with Crippen LogP contribution in [0, 0.1) is 0 Å². The predicted molar refractivity (Wildman–Crippen MR) is 109 cm³/mol. The highest BCUT2D eigenvalue weighted by Gasteiger charge is 2.14. The van der Waals surface area contributed by atoms with Crippen molar-refractivity contribution in [3.8, 4) is 0 Å². The van der Waals surface area contributed by atoms with Gasteiger partial charge >= 0.3 is 11.8 Å². The first-order valence-electron chi connectivity index (χ1n) is 8.23. The topological polar surface area (TPSA) is 83.7 Å². The second-order valence-electron chi connectivity index (χ2n) is 5.66. The summed E-state index contributed by atoms with van der Waals surface area (Å²) < 4.78 is 5.55. The lowest BCUT2D eigenvalue weighted by Gasteiger charge is -2.05. The Hall–Kier alpha value is -3.09. The number of hydrogen-bond donors (Lipinski definition) is 2. The molecule has 1 heterocycles. The Bertz CT molecular complexity index is 1030. The Kier molecular flexibility index (Phi) is 6.47. The average Bonchev–Trinajstić information content (AvgIpc) is 3.13. The monoisotopic (exact) mass is 415 g/mol. The second-order valence-corrected chi connectivity index (χ2v) is 6.50. The summed E-state index contributed by atoms with van der Waals surface area (Å²) >= 11 is 11.9. The molecule has 0 unspecified atom stereocenters. The fourth-order valence-electron chi connectivity index (χ4n) is 2.25. The van der Waals surface area contributed by atoms with Gasteiger partial charge in [0.2, 0.25) is 0 Å². The first-order valence-corrected chi connectivity index (χ1v) is 8.99. The van der Waals surface area contributed by atoms with Crippen LogP contribution in [0.4, 0.5) is 11.4 Å². The number of nitrogens with zero attached hydrogens (tertiary/aromatic N) is 1. The smallest absolute Gasteiger partial charge is 0.313 e. The molecule has 6 nitrogen and oxygen atoms in total. The van der Waals surface area contributed by atoms with Crippen LogP contribution in [0.3, 0.4) is 0 Å². The molecule has 0 spiro atoms. The van der Waals surface area contributed by atoms with Gasteiger partial charge in [-0.2, -0.15) is 0 Å². The number of para-hydroxylation sites is 1. The van der Waals surface area contributed by atoms with Gasteiger partial charge < -0.3 is 15.1 Å². The maximum Gasteiger partial charge on any atom is 0.313 e. The number of carbonyl (C=O) groups excluding carboxylic acids is 2. The molecule has 2 aromatic carbocycles. The second kappa shape index (κ2) is 9.21. The molecule has 3 aromatic rings. The van der Waals surface area contributed by atoms with Crippen molar-refractivity contribution in [1.82, 2.24) is 5.32 Å². The minimum atomic E-state index is -0.797.